The zero-order valence-corrected chi connectivity index (χ0v) is 19.8. The summed E-state index contributed by atoms with van der Waals surface area (Å²) < 4.78 is 27.6. The Bertz CT molecular complexity index is 1330. The van der Waals surface area contributed by atoms with Gasteiger partial charge in [-0.1, -0.05) is 11.8 Å². The van der Waals surface area contributed by atoms with E-state index in [1.165, 1.54) is 46.4 Å². The number of fused-ring (bicyclic) bond motifs is 3. The molecule has 0 amide bonds. The van der Waals surface area contributed by atoms with Gasteiger partial charge >= 0.3 is 0 Å². The first-order valence-corrected chi connectivity index (χ1v) is 14.1. The normalized spacial score (nSPS) is 13.8. The molecule has 4 aromatic rings. The van der Waals surface area contributed by atoms with Crippen LogP contribution in [-0.4, -0.2) is 29.6 Å². The molecule has 0 radical (unpaired) electrons. The number of benzene rings is 1. The molecule has 31 heavy (non-hydrogen) atoms. The van der Waals surface area contributed by atoms with Gasteiger partial charge in [0, 0.05) is 22.1 Å². The van der Waals surface area contributed by atoms with Crippen LogP contribution in [0.5, 0.6) is 0 Å². The maximum Gasteiger partial charge on any atom is 0.263 e. The maximum absolute atomic E-state index is 12.6. The van der Waals surface area contributed by atoms with Crippen LogP contribution >= 0.6 is 34.4 Å². The third kappa shape index (κ3) is 4.14. The van der Waals surface area contributed by atoms with E-state index in [0.717, 1.165) is 39.7 Å². The SMILES string of the molecule is CSc1nc(Nc2ccc(S(=O)(=O)Nc3nccs3)cc2)c2c3c(sc2n1)CCCC3. The van der Waals surface area contributed by atoms with E-state index < -0.39 is 10.0 Å². The molecule has 5 rings (SSSR count). The average Bonchev–Trinajstić information content (AvgIpc) is 3.40. The first-order valence-electron chi connectivity index (χ1n) is 9.69. The fourth-order valence-electron chi connectivity index (χ4n) is 3.62. The number of thiazole rings is 1. The molecule has 0 fully saturated rings. The number of hydrogen-bond donors (Lipinski definition) is 2. The molecule has 2 N–H and O–H groups in total. The minimum atomic E-state index is -3.68. The lowest BCUT2D eigenvalue weighted by atomic mass is 9.97. The van der Waals surface area contributed by atoms with Crippen LogP contribution in [0.15, 0.2) is 45.9 Å². The highest BCUT2D eigenvalue weighted by atomic mass is 32.2. The third-order valence-corrected chi connectivity index (χ3v) is 8.96. The predicted molar refractivity (Wildman–Crippen MR) is 128 cm³/mol. The number of nitrogens with one attached hydrogen (secondary N) is 2. The molecule has 0 unspecified atom stereocenters. The van der Waals surface area contributed by atoms with Crippen LogP contribution in [0, 0.1) is 0 Å². The second-order valence-electron chi connectivity index (χ2n) is 7.04. The van der Waals surface area contributed by atoms with Gasteiger partial charge in [-0.3, -0.25) is 4.72 Å². The van der Waals surface area contributed by atoms with Gasteiger partial charge < -0.3 is 5.32 Å². The first kappa shape index (κ1) is 20.7. The van der Waals surface area contributed by atoms with Crippen molar-refractivity contribution in [3.63, 3.8) is 0 Å². The van der Waals surface area contributed by atoms with Crippen LogP contribution in [0.2, 0.25) is 0 Å². The van der Waals surface area contributed by atoms with Crippen molar-refractivity contribution in [2.75, 3.05) is 16.3 Å². The quantitative estimate of drug-likeness (QED) is 0.280. The molecule has 0 spiro atoms. The van der Waals surface area contributed by atoms with E-state index in [1.807, 2.05) is 6.26 Å². The number of anilines is 3. The van der Waals surface area contributed by atoms with Crippen molar-refractivity contribution in [3.8, 4) is 0 Å². The summed E-state index contributed by atoms with van der Waals surface area (Å²) in [5.74, 6) is 0.783. The molecule has 1 aliphatic rings. The van der Waals surface area contributed by atoms with E-state index in [4.69, 9.17) is 9.97 Å². The molecule has 0 atom stereocenters. The summed E-state index contributed by atoms with van der Waals surface area (Å²) in [4.78, 5) is 16.0. The fourth-order valence-corrected chi connectivity index (χ4v) is 7.09. The standard InChI is InChI=1S/C20H19N5O2S4/c1-28-20-23-17(16-14-4-2-3-5-15(14)30-18(16)24-20)22-12-6-8-13(9-7-12)31(26,27)25-19-21-10-11-29-19/h6-11H,2-5H2,1H3,(H,21,25)(H,22,23,24). The van der Waals surface area contributed by atoms with Crippen LogP contribution in [0.3, 0.4) is 0 Å². The van der Waals surface area contributed by atoms with E-state index in [9.17, 15) is 8.42 Å². The summed E-state index contributed by atoms with van der Waals surface area (Å²) in [5, 5.41) is 7.28. The molecule has 0 saturated carbocycles. The molecular weight excluding hydrogens is 471 g/mol. The van der Waals surface area contributed by atoms with E-state index in [-0.39, 0.29) is 4.90 Å². The smallest absolute Gasteiger partial charge is 0.263 e. The minimum absolute atomic E-state index is 0.179. The third-order valence-electron chi connectivity index (χ3n) is 5.06. The number of hydrogen-bond acceptors (Lipinski definition) is 9. The largest absolute Gasteiger partial charge is 0.340 e. The Morgan fingerprint density at radius 1 is 1.10 bits per heavy atom. The molecular formula is C20H19N5O2S4. The number of nitrogens with zero attached hydrogens (tertiary/aromatic N) is 3. The van der Waals surface area contributed by atoms with Crippen LogP contribution in [0.4, 0.5) is 16.6 Å². The summed E-state index contributed by atoms with van der Waals surface area (Å²) in [6.45, 7) is 0. The molecule has 11 heteroatoms. The Hall–Kier alpha value is -2.21. The van der Waals surface area contributed by atoms with Gasteiger partial charge in [-0.25, -0.2) is 23.4 Å². The minimum Gasteiger partial charge on any atom is -0.340 e. The van der Waals surface area contributed by atoms with E-state index in [1.54, 1.807) is 47.2 Å². The molecule has 0 saturated heterocycles. The average molecular weight is 490 g/mol. The van der Waals surface area contributed by atoms with Crippen molar-refractivity contribution in [2.24, 2.45) is 0 Å². The van der Waals surface area contributed by atoms with Gasteiger partial charge in [0.05, 0.1) is 10.3 Å². The zero-order valence-electron chi connectivity index (χ0n) is 16.6. The molecule has 7 nitrogen and oxygen atoms in total. The number of sulfonamides is 1. The lowest BCUT2D eigenvalue weighted by Crippen LogP contribution is -2.12. The van der Waals surface area contributed by atoms with Crippen molar-refractivity contribution in [1.82, 2.24) is 15.0 Å². The maximum atomic E-state index is 12.6. The monoisotopic (exact) mass is 489 g/mol. The van der Waals surface area contributed by atoms with Gasteiger partial charge in [-0.2, -0.15) is 0 Å². The summed E-state index contributed by atoms with van der Waals surface area (Å²) in [6, 6.07) is 6.66. The van der Waals surface area contributed by atoms with Gasteiger partial charge in [0.2, 0.25) is 0 Å². The Kier molecular flexibility index (Phi) is 5.59. The molecule has 1 aliphatic carbocycles. The highest BCUT2D eigenvalue weighted by Gasteiger charge is 2.21. The Labute approximate surface area is 192 Å². The number of aryl methyl sites for hydroxylation is 2. The van der Waals surface area contributed by atoms with Crippen LogP contribution < -0.4 is 10.0 Å². The number of thioether (sulfide) groups is 1. The van der Waals surface area contributed by atoms with E-state index in [2.05, 4.69) is 15.0 Å². The Balaban J connectivity index is 1.46. The van der Waals surface area contributed by atoms with Crippen molar-refractivity contribution >= 4 is 71.3 Å². The van der Waals surface area contributed by atoms with Gasteiger partial charge in [0.15, 0.2) is 10.3 Å². The van der Waals surface area contributed by atoms with Crippen molar-refractivity contribution in [1.29, 1.82) is 0 Å². The predicted octanol–water partition coefficient (Wildman–Crippen LogP) is 5.29. The molecule has 0 aliphatic heterocycles. The number of rotatable bonds is 6. The number of thiophene rings is 1. The van der Waals surface area contributed by atoms with Gasteiger partial charge in [-0.15, -0.1) is 22.7 Å². The molecule has 160 valence electrons. The summed E-state index contributed by atoms with van der Waals surface area (Å²) in [7, 11) is -3.68. The highest BCUT2D eigenvalue weighted by Crippen LogP contribution is 2.40. The summed E-state index contributed by atoms with van der Waals surface area (Å²) >= 11 is 4.52. The second kappa shape index (κ2) is 8.38. The lowest BCUT2D eigenvalue weighted by Gasteiger charge is -2.13. The summed E-state index contributed by atoms with van der Waals surface area (Å²) in [6.07, 6.45) is 8.07. The first-order chi connectivity index (χ1) is 15.0. The van der Waals surface area contributed by atoms with E-state index >= 15 is 0 Å². The summed E-state index contributed by atoms with van der Waals surface area (Å²) in [5.41, 5.74) is 2.13. The zero-order chi connectivity index (χ0) is 21.4. The highest BCUT2D eigenvalue weighted by molar-refractivity contribution is 7.98. The molecule has 1 aromatic carbocycles. The van der Waals surface area contributed by atoms with Gasteiger partial charge in [0.1, 0.15) is 10.6 Å². The number of aromatic nitrogens is 3. The topological polar surface area (TPSA) is 96.9 Å². The molecule has 3 aromatic heterocycles. The van der Waals surface area contributed by atoms with Crippen molar-refractivity contribution < 1.29 is 8.42 Å². The van der Waals surface area contributed by atoms with Crippen LogP contribution in [0.1, 0.15) is 23.3 Å². The molecule has 0 bridgehead atoms. The fraction of sp³-hybridized carbons (Fsp3) is 0.250. The van der Waals surface area contributed by atoms with Gasteiger partial charge in [-0.05, 0) is 61.8 Å². The van der Waals surface area contributed by atoms with E-state index in [0.29, 0.717) is 5.13 Å². The van der Waals surface area contributed by atoms with Crippen molar-refractivity contribution in [3.05, 3.63) is 46.3 Å². The van der Waals surface area contributed by atoms with Crippen LogP contribution in [-0.2, 0) is 22.9 Å². The van der Waals surface area contributed by atoms with Crippen molar-refractivity contribution in [2.45, 2.75) is 35.7 Å². The Morgan fingerprint density at radius 3 is 2.65 bits per heavy atom. The van der Waals surface area contributed by atoms with Crippen LogP contribution in [0.25, 0.3) is 10.2 Å². The lowest BCUT2D eigenvalue weighted by molar-refractivity contribution is 0.601. The second-order valence-corrected chi connectivity index (χ2v) is 11.5. The molecule has 3 heterocycles. The Morgan fingerprint density at radius 2 is 1.90 bits per heavy atom. The van der Waals surface area contributed by atoms with Gasteiger partial charge in [0.25, 0.3) is 10.0 Å².